The number of halogens is 2. The second kappa shape index (κ2) is 9.82. The Kier molecular flexibility index (Phi) is 6.77. The highest BCUT2D eigenvalue weighted by Crippen LogP contribution is 2.41. The van der Waals surface area contributed by atoms with E-state index in [1.807, 2.05) is 12.1 Å². The van der Waals surface area contributed by atoms with E-state index >= 15 is 0 Å². The van der Waals surface area contributed by atoms with Crippen LogP contribution < -0.4 is 4.90 Å². The first-order chi connectivity index (χ1) is 16.8. The molecule has 3 fully saturated rings. The maximum Gasteiger partial charge on any atom is 0.356 e. The smallest absolute Gasteiger partial charge is 0.356 e. The number of piperidine rings is 2. The van der Waals surface area contributed by atoms with E-state index < -0.39 is 12.1 Å². The number of likely N-dealkylation sites (tertiary alicyclic amines) is 2. The molecule has 0 atom stereocenters. The summed E-state index contributed by atoms with van der Waals surface area (Å²) in [4.78, 5) is 18.3. The Labute approximate surface area is 210 Å². The minimum absolute atomic E-state index is 0.0242. The van der Waals surface area contributed by atoms with Crippen molar-refractivity contribution in [3.63, 3.8) is 0 Å². The molecule has 188 valence electrons. The molecule has 0 saturated carbocycles. The van der Waals surface area contributed by atoms with E-state index in [2.05, 4.69) is 32.4 Å². The minimum atomic E-state index is -1.04. The normalized spacial score (nSPS) is 21.1. The van der Waals surface area contributed by atoms with Gasteiger partial charge in [0.2, 0.25) is 0 Å². The van der Waals surface area contributed by atoms with Crippen LogP contribution in [0, 0.1) is 0 Å². The predicted octanol–water partition coefficient (Wildman–Crippen LogP) is 4.73. The molecule has 2 aromatic rings. The predicted molar refractivity (Wildman–Crippen MR) is 135 cm³/mol. The quantitative estimate of drug-likeness (QED) is 0.617. The van der Waals surface area contributed by atoms with Gasteiger partial charge in [0.1, 0.15) is 12.0 Å². The number of alkyl halides is 1. The van der Waals surface area contributed by atoms with Crippen LogP contribution in [-0.4, -0.2) is 75.1 Å². The van der Waals surface area contributed by atoms with Crippen LogP contribution in [0.5, 0.6) is 0 Å². The average molecular weight is 502 g/mol. The topological polar surface area (TPSA) is 64.8 Å². The summed E-state index contributed by atoms with van der Waals surface area (Å²) in [5.41, 5.74) is 2.58. The van der Waals surface area contributed by atoms with Crippen molar-refractivity contribution in [3.05, 3.63) is 53.3 Å². The van der Waals surface area contributed by atoms with Crippen molar-refractivity contribution in [1.82, 2.24) is 19.6 Å². The zero-order chi connectivity index (χ0) is 24.6. The molecule has 3 aliphatic heterocycles. The van der Waals surface area contributed by atoms with Crippen molar-refractivity contribution < 1.29 is 14.3 Å². The number of benzene rings is 1. The van der Waals surface area contributed by atoms with Gasteiger partial charge >= 0.3 is 5.97 Å². The third-order valence-electron chi connectivity index (χ3n) is 8.05. The summed E-state index contributed by atoms with van der Waals surface area (Å²) in [6, 6.07) is 7.64. The molecule has 1 aromatic heterocycles. The highest BCUT2D eigenvalue weighted by molar-refractivity contribution is 6.30. The molecule has 4 heterocycles. The van der Waals surface area contributed by atoms with Gasteiger partial charge in [0.05, 0.1) is 0 Å². The highest BCUT2D eigenvalue weighted by atomic mass is 35.5. The van der Waals surface area contributed by atoms with Gasteiger partial charge in [-0.15, -0.1) is 0 Å². The molecule has 7 nitrogen and oxygen atoms in total. The van der Waals surface area contributed by atoms with Crippen LogP contribution in [0.1, 0.15) is 54.6 Å². The van der Waals surface area contributed by atoms with Gasteiger partial charge in [-0.25, -0.2) is 13.9 Å². The van der Waals surface area contributed by atoms with Gasteiger partial charge in [-0.3, -0.25) is 4.90 Å². The summed E-state index contributed by atoms with van der Waals surface area (Å²) in [7, 11) is 0. The zero-order valence-corrected chi connectivity index (χ0v) is 20.8. The Bertz CT molecular complexity index is 1090. The molecule has 0 aliphatic carbocycles. The van der Waals surface area contributed by atoms with Crippen LogP contribution in [0.4, 0.5) is 10.1 Å². The summed E-state index contributed by atoms with van der Waals surface area (Å²) in [5, 5.41) is 14.0. The van der Waals surface area contributed by atoms with Crippen molar-refractivity contribution in [2.24, 2.45) is 0 Å². The van der Waals surface area contributed by atoms with Gasteiger partial charge in [0.25, 0.3) is 0 Å². The molecule has 3 saturated heterocycles. The van der Waals surface area contributed by atoms with Crippen molar-refractivity contribution in [2.45, 2.75) is 56.8 Å². The number of carboxylic acids is 1. The van der Waals surface area contributed by atoms with Crippen molar-refractivity contribution >= 4 is 29.1 Å². The first-order valence-corrected chi connectivity index (χ1v) is 12.9. The molecule has 0 bridgehead atoms. The number of aromatic nitrogens is 2. The van der Waals surface area contributed by atoms with Gasteiger partial charge in [-0.05, 0) is 68.8 Å². The molecule has 0 amide bonds. The van der Waals surface area contributed by atoms with Crippen LogP contribution in [0.2, 0.25) is 5.02 Å². The Morgan fingerprint density at radius 1 is 1.14 bits per heavy atom. The molecule has 1 N–H and O–H groups in total. The van der Waals surface area contributed by atoms with Gasteiger partial charge in [0, 0.05) is 55.2 Å². The van der Waals surface area contributed by atoms with Crippen LogP contribution in [0.25, 0.3) is 5.82 Å². The van der Waals surface area contributed by atoms with Crippen LogP contribution in [-0.2, 0) is 6.54 Å². The van der Waals surface area contributed by atoms with Gasteiger partial charge < -0.3 is 14.9 Å². The van der Waals surface area contributed by atoms with Gasteiger partial charge in [-0.2, -0.15) is 5.10 Å². The first kappa shape index (κ1) is 24.1. The van der Waals surface area contributed by atoms with Crippen LogP contribution in [0.3, 0.4) is 0 Å². The van der Waals surface area contributed by atoms with Crippen molar-refractivity contribution in [2.75, 3.05) is 37.6 Å². The molecular weight excluding hydrogens is 469 g/mol. The number of rotatable bonds is 6. The lowest BCUT2D eigenvalue weighted by Gasteiger charge is -2.46. The summed E-state index contributed by atoms with van der Waals surface area (Å²) >= 11 is 6.37. The Morgan fingerprint density at radius 3 is 2.57 bits per heavy atom. The van der Waals surface area contributed by atoms with Crippen molar-refractivity contribution in [1.29, 1.82) is 0 Å². The zero-order valence-electron chi connectivity index (χ0n) is 20.0. The summed E-state index contributed by atoms with van der Waals surface area (Å²) < 4.78 is 15.3. The lowest BCUT2D eigenvalue weighted by atomic mass is 9.84. The van der Waals surface area contributed by atoms with Crippen molar-refractivity contribution in [3.8, 4) is 0 Å². The fourth-order valence-electron chi connectivity index (χ4n) is 5.97. The molecular formula is C26H33ClFN5O2. The standard InChI is InChI=1S/C26H33ClFN5O2/c1-19(33-14-7-23(29-33)25(34)35)30-15-9-26(10-16-30)8-2-11-32(26)18-20-3-4-21(27)17-24(20)31-12-5-22(28)6-13-31/h3-4,7,14,17,22H,1-2,5-6,8-13,15-16,18H2,(H,34,35). The van der Waals surface area contributed by atoms with Crippen LogP contribution >= 0.6 is 11.6 Å². The lowest BCUT2D eigenvalue weighted by Crippen LogP contribution is -2.51. The number of nitrogens with zero attached hydrogens (tertiary/aromatic N) is 5. The second-order valence-corrected chi connectivity index (χ2v) is 10.5. The maximum atomic E-state index is 13.7. The Balaban J connectivity index is 1.27. The Hall–Kier alpha value is -2.58. The second-order valence-electron chi connectivity index (χ2n) is 10.0. The van der Waals surface area contributed by atoms with E-state index in [1.165, 1.54) is 24.5 Å². The fourth-order valence-corrected chi connectivity index (χ4v) is 6.14. The number of aromatic carboxylic acids is 1. The summed E-state index contributed by atoms with van der Waals surface area (Å²) in [6.45, 7) is 9.28. The van der Waals surface area contributed by atoms with E-state index in [9.17, 15) is 9.18 Å². The number of anilines is 1. The monoisotopic (exact) mass is 501 g/mol. The molecule has 0 unspecified atom stereocenters. The SMILES string of the molecule is C=C(N1CCC2(CCCN2Cc2ccc(Cl)cc2N2CCC(F)CC2)CC1)n1ccc(C(=O)O)n1. The molecule has 9 heteroatoms. The summed E-state index contributed by atoms with van der Waals surface area (Å²) in [6.07, 6.45) is 6.50. The number of hydrogen-bond donors (Lipinski definition) is 1. The number of hydrogen-bond acceptors (Lipinski definition) is 5. The number of carbonyl (C=O) groups is 1. The van der Waals surface area contributed by atoms with E-state index in [1.54, 1.807) is 10.9 Å². The summed E-state index contributed by atoms with van der Waals surface area (Å²) in [5.74, 6) is -0.320. The van der Waals surface area contributed by atoms with Crippen LogP contribution in [0.15, 0.2) is 37.0 Å². The Morgan fingerprint density at radius 2 is 1.89 bits per heavy atom. The molecule has 1 spiro atoms. The maximum absolute atomic E-state index is 13.7. The largest absolute Gasteiger partial charge is 0.476 e. The molecule has 5 rings (SSSR count). The van der Waals surface area contributed by atoms with Gasteiger partial charge in [-0.1, -0.05) is 24.2 Å². The third kappa shape index (κ3) is 4.91. The average Bonchev–Trinajstić information content (AvgIpc) is 3.49. The van der Waals surface area contributed by atoms with E-state index in [0.29, 0.717) is 18.7 Å². The molecule has 1 aromatic carbocycles. The molecule has 35 heavy (non-hydrogen) atoms. The van der Waals surface area contributed by atoms with Gasteiger partial charge in [0.15, 0.2) is 5.69 Å². The first-order valence-electron chi connectivity index (χ1n) is 12.5. The number of carboxylic acid groups (broad SMARTS) is 1. The minimum Gasteiger partial charge on any atom is -0.476 e. The van der Waals surface area contributed by atoms with E-state index in [0.717, 1.165) is 62.8 Å². The highest BCUT2D eigenvalue weighted by Gasteiger charge is 2.43. The van der Waals surface area contributed by atoms with E-state index in [-0.39, 0.29) is 11.2 Å². The molecule has 0 radical (unpaired) electrons. The lowest BCUT2D eigenvalue weighted by molar-refractivity contribution is 0.0643. The van der Waals surface area contributed by atoms with E-state index in [4.69, 9.17) is 16.7 Å². The molecule has 3 aliphatic rings. The third-order valence-corrected chi connectivity index (χ3v) is 8.28. The fraction of sp³-hybridized carbons (Fsp3) is 0.538.